The van der Waals surface area contributed by atoms with Crippen LogP contribution >= 0.6 is 11.3 Å². The van der Waals surface area contributed by atoms with E-state index in [-0.39, 0.29) is 5.91 Å². The lowest BCUT2D eigenvalue weighted by Gasteiger charge is -2.18. The molecule has 4 rings (SSSR count). The summed E-state index contributed by atoms with van der Waals surface area (Å²) in [5.41, 5.74) is 2.44. The fraction of sp³-hybridized carbons (Fsp3) is 0.235. The van der Waals surface area contributed by atoms with Crippen molar-refractivity contribution in [3.8, 4) is 0 Å². The van der Waals surface area contributed by atoms with Crippen LogP contribution in [0, 0.1) is 0 Å². The number of nitrogens with one attached hydrogen (secondary N) is 2. The molecule has 25 heavy (non-hydrogen) atoms. The van der Waals surface area contributed by atoms with Gasteiger partial charge in [-0.1, -0.05) is 12.1 Å². The Morgan fingerprint density at radius 3 is 2.76 bits per heavy atom. The van der Waals surface area contributed by atoms with Gasteiger partial charge in [0.2, 0.25) is 0 Å². The Morgan fingerprint density at radius 1 is 1.16 bits per heavy atom. The maximum atomic E-state index is 12.6. The van der Waals surface area contributed by atoms with E-state index in [0.717, 1.165) is 22.6 Å². The van der Waals surface area contributed by atoms with Crippen molar-refractivity contribution in [2.45, 2.75) is 6.42 Å². The Morgan fingerprint density at radius 2 is 2.04 bits per heavy atom. The number of anilines is 2. The molecule has 1 aromatic carbocycles. The highest BCUT2D eigenvalue weighted by molar-refractivity contribution is 7.12. The van der Waals surface area contributed by atoms with Crippen molar-refractivity contribution in [1.82, 2.24) is 10.2 Å². The van der Waals surface area contributed by atoms with Crippen molar-refractivity contribution in [2.24, 2.45) is 0 Å². The third kappa shape index (κ3) is 2.85. The van der Waals surface area contributed by atoms with E-state index >= 15 is 0 Å². The van der Waals surface area contributed by atoms with E-state index in [1.165, 1.54) is 11.3 Å². The van der Waals surface area contributed by atoms with E-state index < -0.39 is 12.1 Å². The number of rotatable bonds is 2. The summed E-state index contributed by atoms with van der Waals surface area (Å²) >= 11 is 1.41. The van der Waals surface area contributed by atoms with Gasteiger partial charge in [0.05, 0.1) is 4.88 Å². The molecular formula is C17H16N4O3S. The molecule has 0 atom stereocenters. The molecule has 0 unspecified atom stereocenters. The Balaban J connectivity index is 1.55. The van der Waals surface area contributed by atoms with Gasteiger partial charge in [0, 0.05) is 31.0 Å². The zero-order chi connectivity index (χ0) is 17.4. The topological polar surface area (TPSA) is 81.8 Å². The molecule has 5 amide bonds. The van der Waals surface area contributed by atoms with E-state index in [0.29, 0.717) is 30.2 Å². The Labute approximate surface area is 148 Å². The summed E-state index contributed by atoms with van der Waals surface area (Å²) in [5, 5.41) is 7.20. The second kappa shape index (κ2) is 6.21. The van der Waals surface area contributed by atoms with Crippen molar-refractivity contribution in [3.05, 3.63) is 46.2 Å². The smallest absolute Gasteiger partial charge is 0.330 e. The first-order valence-electron chi connectivity index (χ1n) is 7.98. The molecule has 3 heterocycles. The van der Waals surface area contributed by atoms with Crippen molar-refractivity contribution >= 4 is 40.7 Å². The van der Waals surface area contributed by atoms with Crippen LogP contribution < -0.4 is 15.5 Å². The summed E-state index contributed by atoms with van der Waals surface area (Å²) in [5.74, 6) is -0.0313. The molecular weight excluding hydrogens is 340 g/mol. The molecule has 0 spiro atoms. The fourth-order valence-corrected chi connectivity index (χ4v) is 3.73. The van der Waals surface area contributed by atoms with Gasteiger partial charge in [0.15, 0.2) is 0 Å². The van der Waals surface area contributed by atoms with E-state index in [4.69, 9.17) is 0 Å². The molecule has 2 aliphatic rings. The van der Waals surface area contributed by atoms with Gasteiger partial charge in [-0.05, 0) is 35.6 Å². The quantitative estimate of drug-likeness (QED) is 0.867. The molecule has 7 nitrogen and oxygen atoms in total. The van der Waals surface area contributed by atoms with Crippen molar-refractivity contribution in [3.63, 3.8) is 0 Å². The number of hydrogen-bond donors (Lipinski definition) is 2. The first kappa shape index (κ1) is 15.6. The zero-order valence-corrected chi connectivity index (χ0v) is 14.1. The lowest BCUT2D eigenvalue weighted by Crippen LogP contribution is -2.37. The number of benzene rings is 1. The minimum atomic E-state index is -0.468. The number of thiophene rings is 1. The van der Waals surface area contributed by atoms with Crippen LogP contribution in [-0.2, 0) is 6.42 Å². The molecule has 2 N–H and O–H groups in total. The highest BCUT2D eigenvalue weighted by Crippen LogP contribution is 2.32. The molecule has 0 bridgehead atoms. The van der Waals surface area contributed by atoms with Gasteiger partial charge in [-0.2, -0.15) is 0 Å². The number of fused-ring (bicyclic) bond motifs is 1. The standard InChI is InChI=1S/C17H16N4O3S/c22-15(14-2-1-9-25-14)20-7-5-11-3-4-12(10-13(11)20)19-17(24)21-8-6-18-16(21)23/h1-4,9-10H,5-8H2,(H,18,23)(H,19,24). The van der Waals surface area contributed by atoms with E-state index in [1.807, 2.05) is 23.6 Å². The zero-order valence-electron chi connectivity index (χ0n) is 13.3. The number of carbonyl (C=O) groups is 3. The minimum absolute atomic E-state index is 0.0313. The monoisotopic (exact) mass is 356 g/mol. The largest absolute Gasteiger partial charge is 0.336 e. The Bertz CT molecular complexity index is 850. The molecule has 0 radical (unpaired) electrons. The molecule has 0 aliphatic carbocycles. The first-order valence-corrected chi connectivity index (χ1v) is 8.86. The van der Waals surface area contributed by atoms with Gasteiger partial charge >= 0.3 is 12.1 Å². The van der Waals surface area contributed by atoms with Crippen LogP contribution in [0.4, 0.5) is 21.0 Å². The molecule has 128 valence electrons. The second-order valence-corrected chi connectivity index (χ2v) is 6.79. The van der Waals surface area contributed by atoms with Crippen molar-refractivity contribution in [1.29, 1.82) is 0 Å². The van der Waals surface area contributed by atoms with Gasteiger partial charge in [0.25, 0.3) is 5.91 Å². The third-order valence-electron chi connectivity index (χ3n) is 4.31. The maximum absolute atomic E-state index is 12.6. The van der Waals surface area contributed by atoms with E-state index in [1.54, 1.807) is 17.0 Å². The van der Waals surface area contributed by atoms with Gasteiger partial charge in [-0.15, -0.1) is 11.3 Å². The lowest BCUT2D eigenvalue weighted by molar-refractivity contribution is 0.0993. The highest BCUT2D eigenvalue weighted by atomic mass is 32.1. The number of imide groups is 1. The summed E-state index contributed by atoms with van der Waals surface area (Å²) in [4.78, 5) is 40.0. The van der Waals surface area contributed by atoms with Crippen LogP contribution in [0.15, 0.2) is 35.7 Å². The average molecular weight is 356 g/mol. The third-order valence-corrected chi connectivity index (χ3v) is 5.17. The summed E-state index contributed by atoms with van der Waals surface area (Å²) in [7, 11) is 0. The van der Waals surface area contributed by atoms with Crippen molar-refractivity contribution < 1.29 is 14.4 Å². The number of carbonyl (C=O) groups excluding carboxylic acids is 3. The predicted octanol–water partition coefficient (Wildman–Crippen LogP) is 2.51. The Kier molecular flexibility index (Phi) is 3.89. The van der Waals surface area contributed by atoms with Crippen LogP contribution in [0.25, 0.3) is 0 Å². The first-order chi connectivity index (χ1) is 12.1. The molecule has 1 saturated heterocycles. The molecule has 1 fully saturated rings. The normalized spacial score (nSPS) is 15.9. The summed E-state index contributed by atoms with van der Waals surface area (Å²) in [6.07, 6.45) is 0.787. The van der Waals surface area contributed by atoms with Crippen LogP contribution in [0.2, 0.25) is 0 Å². The van der Waals surface area contributed by atoms with Gasteiger partial charge in [-0.25, -0.2) is 14.5 Å². The summed E-state index contributed by atoms with van der Waals surface area (Å²) in [6.45, 7) is 1.43. The Hall–Kier alpha value is -2.87. The molecule has 1 aromatic heterocycles. The second-order valence-electron chi connectivity index (χ2n) is 5.84. The summed E-state index contributed by atoms with van der Waals surface area (Å²) in [6, 6.07) is 8.30. The minimum Gasteiger partial charge on any atom is -0.336 e. The van der Waals surface area contributed by atoms with Gasteiger partial charge < -0.3 is 15.5 Å². The fourth-order valence-electron chi connectivity index (χ4n) is 3.06. The average Bonchev–Trinajstić information content (AvgIpc) is 3.34. The number of urea groups is 2. The number of nitrogens with zero attached hydrogens (tertiary/aromatic N) is 2. The number of hydrogen-bond acceptors (Lipinski definition) is 4. The van der Waals surface area contributed by atoms with Crippen LogP contribution in [0.5, 0.6) is 0 Å². The van der Waals surface area contributed by atoms with Crippen LogP contribution in [-0.4, -0.2) is 42.5 Å². The molecule has 2 aliphatic heterocycles. The van der Waals surface area contributed by atoms with Crippen LogP contribution in [0.3, 0.4) is 0 Å². The maximum Gasteiger partial charge on any atom is 0.330 e. The number of amides is 5. The van der Waals surface area contributed by atoms with Gasteiger partial charge in [0.1, 0.15) is 0 Å². The van der Waals surface area contributed by atoms with E-state index in [2.05, 4.69) is 10.6 Å². The molecule has 8 heteroatoms. The SMILES string of the molecule is O=C1NCCN1C(=O)Nc1ccc2c(c1)N(C(=O)c1cccs1)CC2. The van der Waals surface area contributed by atoms with E-state index in [9.17, 15) is 14.4 Å². The lowest BCUT2D eigenvalue weighted by atomic mass is 10.1. The molecule has 2 aromatic rings. The highest BCUT2D eigenvalue weighted by Gasteiger charge is 2.28. The molecule has 0 saturated carbocycles. The van der Waals surface area contributed by atoms with Gasteiger partial charge in [-0.3, -0.25) is 4.79 Å². The summed E-state index contributed by atoms with van der Waals surface area (Å²) < 4.78 is 0. The van der Waals surface area contributed by atoms with Crippen molar-refractivity contribution in [2.75, 3.05) is 29.9 Å². The van der Waals surface area contributed by atoms with Crippen LogP contribution in [0.1, 0.15) is 15.2 Å². The predicted molar refractivity (Wildman–Crippen MR) is 95.3 cm³/mol.